The van der Waals surface area contributed by atoms with Crippen molar-refractivity contribution in [2.24, 2.45) is 0 Å². The number of carbonyl (C=O) groups excluding carboxylic acids is 1. The van der Waals surface area contributed by atoms with Gasteiger partial charge in [-0.25, -0.2) is 9.97 Å². The second-order valence-corrected chi connectivity index (χ2v) is 9.24. The molecule has 0 radical (unpaired) electrons. The molecule has 0 unspecified atom stereocenters. The standard InChI is InChI=1S/C24H24N4OS/c1-14-12-15(2)20-18(13-14)26-23(27-20)19-10-7-11-28(19)24(29)21-22(30-16(3)25-21)17-8-5-4-6-9-17/h4-6,8-9,12-13,19H,7,10-11H2,1-3H3,(H,26,27)/t19-/m0/s1. The quantitative estimate of drug-likeness (QED) is 0.474. The van der Waals surface area contributed by atoms with Crippen LogP contribution in [0, 0.1) is 20.8 Å². The van der Waals surface area contributed by atoms with Crippen LogP contribution in [-0.2, 0) is 0 Å². The minimum Gasteiger partial charge on any atom is -0.340 e. The third kappa shape index (κ3) is 3.21. The average Bonchev–Trinajstić information content (AvgIpc) is 3.45. The number of nitrogens with zero attached hydrogens (tertiary/aromatic N) is 3. The monoisotopic (exact) mass is 416 g/mol. The molecule has 30 heavy (non-hydrogen) atoms. The van der Waals surface area contributed by atoms with Crippen molar-refractivity contribution in [2.45, 2.75) is 39.7 Å². The number of aromatic amines is 1. The summed E-state index contributed by atoms with van der Waals surface area (Å²) in [6.45, 7) is 6.86. The van der Waals surface area contributed by atoms with Gasteiger partial charge in [-0.2, -0.15) is 0 Å². The molecule has 0 bridgehead atoms. The molecular weight excluding hydrogens is 392 g/mol. The molecule has 5 rings (SSSR count). The van der Waals surface area contributed by atoms with E-state index in [2.05, 4.69) is 35.9 Å². The Kier molecular flexibility index (Phi) is 4.66. The summed E-state index contributed by atoms with van der Waals surface area (Å²) in [7, 11) is 0. The van der Waals surface area contributed by atoms with E-state index < -0.39 is 0 Å². The number of likely N-dealkylation sites (tertiary alicyclic amines) is 1. The Hall–Kier alpha value is -2.99. The van der Waals surface area contributed by atoms with Crippen molar-refractivity contribution in [1.29, 1.82) is 0 Å². The van der Waals surface area contributed by atoms with Crippen LogP contribution < -0.4 is 0 Å². The van der Waals surface area contributed by atoms with E-state index in [0.29, 0.717) is 5.69 Å². The van der Waals surface area contributed by atoms with E-state index in [9.17, 15) is 4.79 Å². The lowest BCUT2D eigenvalue weighted by atomic mass is 10.1. The third-order valence-electron chi connectivity index (χ3n) is 5.74. The fourth-order valence-corrected chi connectivity index (χ4v) is 5.35. The predicted octanol–water partition coefficient (Wildman–Crippen LogP) is 5.59. The zero-order valence-corrected chi connectivity index (χ0v) is 18.2. The van der Waals surface area contributed by atoms with Crippen LogP contribution in [0.4, 0.5) is 0 Å². The number of thiazole rings is 1. The van der Waals surface area contributed by atoms with Gasteiger partial charge in [0, 0.05) is 6.54 Å². The highest BCUT2D eigenvalue weighted by Crippen LogP contribution is 2.36. The molecule has 1 aliphatic rings. The molecule has 3 heterocycles. The fraction of sp³-hybridized carbons (Fsp3) is 0.292. The summed E-state index contributed by atoms with van der Waals surface area (Å²) < 4.78 is 0. The number of fused-ring (bicyclic) bond motifs is 1. The molecule has 2 aromatic carbocycles. The lowest BCUT2D eigenvalue weighted by Gasteiger charge is -2.22. The normalized spacial score (nSPS) is 16.5. The highest BCUT2D eigenvalue weighted by molar-refractivity contribution is 7.15. The van der Waals surface area contributed by atoms with E-state index in [1.165, 1.54) is 5.56 Å². The maximum Gasteiger partial charge on any atom is 0.274 e. The maximum atomic E-state index is 13.6. The first kappa shape index (κ1) is 19.0. The van der Waals surface area contributed by atoms with E-state index in [1.807, 2.05) is 42.2 Å². The van der Waals surface area contributed by atoms with Crippen molar-refractivity contribution in [1.82, 2.24) is 19.9 Å². The Morgan fingerprint density at radius 2 is 1.93 bits per heavy atom. The van der Waals surface area contributed by atoms with Gasteiger partial charge in [-0.3, -0.25) is 4.79 Å². The lowest BCUT2D eigenvalue weighted by molar-refractivity contribution is 0.0726. The minimum absolute atomic E-state index is 0.00550. The van der Waals surface area contributed by atoms with Gasteiger partial charge in [0.2, 0.25) is 0 Å². The molecule has 1 aliphatic heterocycles. The first-order valence-electron chi connectivity index (χ1n) is 10.3. The molecule has 1 atom stereocenters. The number of H-pyrrole nitrogens is 1. The SMILES string of the molecule is Cc1cc(C)c2nc([C@@H]3CCCN3C(=O)c3nc(C)sc3-c3ccccc3)[nH]c2c1. The number of aromatic nitrogens is 3. The van der Waals surface area contributed by atoms with Crippen LogP contribution in [0.1, 0.15) is 51.3 Å². The Balaban J connectivity index is 1.52. The van der Waals surface area contributed by atoms with Crippen molar-refractivity contribution in [3.63, 3.8) is 0 Å². The molecular formula is C24H24N4OS. The van der Waals surface area contributed by atoms with Crippen molar-refractivity contribution < 1.29 is 4.79 Å². The number of hydrogen-bond donors (Lipinski definition) is 1. The van der Waals surface area contributed by atoms with Gasteiger partial charge in [0.25, 0.3) is 5.91 Å². The molecule has 0 saturated carbocycles. The molecule has 152 valence electrons. The zero-order chi connectivity index (χ0) is 20.8. The molecule has 4 aromatic rings. The summed E-state index contributed by atoms with van der Waals surface area (Å²) in [5.41, 5.74) is 5.99. The van der Waals surface area contributed by atoms with Crippen molar-refractivity contribution in [2.75, 3.05) is 6.54 Å². The van der Waals surface area contributed by atoms with E-state index >= 15 is 0 Å². The zero-order valence-electron chi connectivity index (χ0n) is 17.4. The average molecular weight is 417 g/mol. The van der Waals surface area contributed by atoms with Gasteiger partial charge in [0.15, 0.2) is 0 Å². The van der Waals surface area contributed by atoms with Crippen LogP contribution in [0.3, 0.4) is 0 Å². The van der Waals surface area contributed by atoms with Crippen molar-refractivity contribution in [3.05, 3.63) is 70.1 Å². The molecule has 1 fully saturated rings. The predicted molar refractivity (Wildman–Crippen MR) is 121 cm³/mol. The largest absolute Gasteiger partial charge is 0.340 e. The molecule has 0 aliphatic carbocycles. The molecule has 1 N–H and O–H groups in total. The number of nitrogens with one attached hydrogen (secondary N) is 1. The highest BCUT2D eigenvalue weighted by atomic mass is 32.1. The minimum atomic E-state index is -0.0461. The van der Waals surface area contributed by atoms with E-state index in [4.69, 9.17) is 4.98 Å². The Morgan fingerprint density at radius 1 is 1.13 bits per heavy atom. The molecule has 0 spiro atoms. The van der Waals surface area contributed by atoms with E-state index in [1.54, 1.807) is 11.3 Å². The molecule has 2 aromatic heterocycles. The van der Waals surface area contributed by atoms with Gasteiger partial charge in [-0.05, 0) is 56.4 Å². The van der Waals surface area contributed by atoms with Crippen molar-refractivity contribution >= 4 is 28.3 Å². The topological polar surface area (TPSA) is 61.9 Å². The molecule has 1 amide bonds. The van der Waals surface area contributed by atoms with Gasteiger partial charge in [0.05, 0.1) is 27.0 Å². The summed E-state index contributed by atoms with van der Waals surface area (Å²) in [6, 6.07) is 14.3. The van der Waals surface area contributed by atoms with Gasteiger partial charge in [-0.15, -0.1) is 11.3 Å². The Bertz CT molecular complexity index is 1240. The Morgan fingerprint density at radius 3 is 2.73 bits per heavy atom. The van der Waals surface area contributed by atoms with Crippen LogP contribution in [-0.4, -0.2) is 32.3 Å². The van der Waals surface area contributed by atoms with Gasteiger partial charge in [0.1, 0.15) is 11.5 Å². The third-order valence-corrected chi connectivity index (χ3v) is 6.76. The number of benzene rings is 2. The van der Waals surface area contributed by atoms with Crippen LogP contribution in [0.5, 0.6) is 0 Å². The number of carbonyl (C=O) groups is 1. The first-order valence-corrected chi connectivity index (χ1v) is 11.1. The highest BCUT2D eigenvalue weighted by Gasteiger charge is 2.35. The smallest absolute Gasteiger partial charge is 0.274 e. The number of hydrogen-bond acceptors (Lipinski definition) is 4. The summed E-state index contributed by atoms with van der Waals surface area (Å²) in [6.07, 6.45) is 1.88. The van der Waals surface area contributed by atoms with Crippen LogP contribution in [0.2, 0.25) is 0 Å². The van der Waals surface area contributed by atoms with Gasteiger partial charge < -0.3 is 9.88 Å². The lowest BCUT2D eigenvalue weighted by Crippen LogP contribution is -2.31. The van der Waals surface area contributed by atoms with Gasteiger partial charge in [-0.1, -0.05) is 36.4 Å². The Labute approximate surface area is 179 Å². The van der Waals surface area contributed by atoms with E-state index in [0.717, 1.165) is 57.3 Å². The fourth-order valence-electron chi connectivity index (χ4n) is 4.44. The molecule has 5 nitrogen and oxygen atoms in total. The van der Waals surface area contributed by atoms with Crippen molar-refractivity contribution in [3.8, 4) is 10.4 Å². The van der Waals surface area contributed by atoms with Crippen LogP contribution in [0.15, 0.2) is 42.5 Å². The van der Waals surface area contributed by atoms with Crippen LogP contribution >= 0.6 is 11.3 Å². The summed E-state index contributed by atoms with van der Waals surface area (Å²) in [5, 5.41) is 0.905. The number of rotatable bonds is 3. The second-order valence-electron chi connectivity index (χ2n) is 8.03. The number of imidazole rings is 1. The molecule has 6 heteroatoms. The first-order chi connectivity index (χ1) is 14.5. The van der Waals surface area contributed by atoms with E-state index in [-0.39, 0.29) is 11.9 Å². The van der Waals surface area contributed by atoms with Crippen LogP contribution in [0.25, 0.3) is 21.5 Å². The molecule has 1 saturated heterocycles. The second kappa shape index (κ2) is 7.36. The number of amides is 1. The summed E-state index contributed by atoms with van der Waals surface area (Å²) in [5.74, 6) is 0.867. The summed E-state index contributed by atoms with van der Waals surface area (Å²) in [4.78, 5) is 29.5. The van der Waals surface area contributed by atoms with Gasteiger partial charge >= 0.3 is 0 Å². The summed E-state index contributed by atoms with van der Waals surface area (Å²) >= 11 is 1.58. The maximum absolute atomic E-state index is 13.6. The number of aryl methyl sites for hydroxylation is 3.